The van der Waals surface area contributed by atoms with Gasteiger partial charge in [-0.1, -0.05) is 52.4 Å². The van der Waals surface area contributed by atoms with E-state index in [4.69, 9.17) is 0 Å². The Balaban J connectivity index is 2.18. The lowest BCUT2D eigenvalue weighted by atomic mass is 10.0. The summed E-state index contributed by atoms with van der Waals surface area (Å²) in [5.41, 5.74) is 0. The molecule has 1 aliphatic rings. The highest BCUT2D eigenvalue weighted by atomic mass is 15.0. The van der Waals surface area contributed by atoms with E-state index in [1.165, 1.54) is 64.2 Å². The summed E-state index contributed by atoms with van der Waals surface area (Å²) in [6, 6.07) is 1.56. The van der Waals surface area contributed by atoms with Crippen molar-refractivity contribution in [1.29, 1.82) is 0 Å². The van der Waals surface area contributed by atoms with Crippen molar-refractivity contribution in [3.05, 3.63) is 0 Å². The van der Waals surface area contributed by atoms with Crippen molar-refractivity contribution in [2.45, 2.75) is 97.1 Å². The molecule has 0 aromatic carbocycles. The van der Waals surface area contributed by atoms with E-state index in [1.54, 1.807) is 0 Å². The van der Waals surface area contributed by atoms with Gasteiger partial charge in [-0.15, -0.1) is 0 Å². The molecule has 1 nitrogen and oxygen atoms in total. The molecule has 102 valence electrons. The van der Waals surface area contributed by atoms with E-state index in [0.717, 1.165) is 18.0 Å². The lowest BCUT2D eigenvalue weighted by molar-refractivity contribution is 0.361. The van der Waals surface area contributed by atoms with Crippen LogP contribution in [0.15, 0.2) is 0 Å². The van der Waals surface area contributed by atoms with E-state index in [1.807, 2.05) is 0 Å². The Bertz CT molecular complexity index is 164. The van der Waals surface area contributed by atoms with E-state index in [9.17, 15) is 0 Å². The van der Waals surface area contributed by atoms with Crippen molar-refractivity contribution in [3.63, 3.8) is 0 Å². The second-order valence-electron chi connectivity index (χ2n) is 5.98. The van der Waals surface area contributed by atoms with Gasteiger partial charge in [0.15, 0.2) is 0 Å². The quantitative estimate of drug-likeness (QED) is 0.505. The molecule has 1 N–H and O–H groups in total. The van der Waals surface area contributed by atoms with Crippen LogP contribution in [0.1, 0.15) is 85.0 Å². The molecule has 0 amide bonds. The van der Waals surface area contributed by atoms with Gasteiger partial charge >= 0.3 is 0 Å². The number of nitrogens with one attached hydrogen (secondary N) is 1. The smallest absolute Gasteiger partial charge is 0.00696 e. The Hall–Kier alpha value is -0.0400. The summed E-state index contributed by atoms with van der Waals surface area (Å²) in [6.07, 6.45) is 14.1. The molecule has 0 aromatic heterocycles. The fourth-order valence-electron chi connectivity index (χ4n) is 2.70. The Morgan fingerprint density at radius 3 is 1.88 bits per heavy atom. The lowest BCUT2D eigenvalue weighted by Crippen LogP contribution is -2.37. The molecule has 1 saturated carbocycles. The Morgan fingerprint density at radius 1 is 0.941 bits per heavy atom. The topological polar surface area (TPSA) is 12.0 Å². The second-order valence-corrected chi connectivity index (χ2v) is 5.98. The van der Waals surface area contributed by atoms with Crippen LogP contribution in [0.4, 0.5) is 0 Å². The first-order valence-corrected chi connectivity index (χ1v) is 8.04. The second kappa shape index (κ2) is 8.97. The maximum atomic E-state index is 3.90. The predicted octanol–water partition coefficient (Wildman–Crippen LogP) is 4.90. The highest BCUT2D eigenvalue weighted by Crippen LogP contribution is 2.32. The van der Waals surface area contributed by atoms with Gasteiger partial charge in [-0.25, -0.2) is 0 Å². The Morgan fingerprint density at radius 2 is 1.47 bits per heavy atom. The third kappa shape index (κ3) is 7.08. The standard InChI is InChI=1S/C16H33N/c1-4-6-8-10-16(11-9-7-5-2)17-14(3)15-12-13-15/h14-17H,4-13H2,1-3H3. The van der Waals surface area contributed by atoms with Crippen LogP contribution in [0.3, 0.4) is 0 Å². The van der Waals surface area contributed by atoms with Crippen LogP contribution in [0, 0.1) is 5.92 Å². The summed E-state index contributed by atoms with van der Waals surface area (Å²) in [4.78, 5) is 0. The molecule has 1 atom stereocenters. The average molecular weight is 239 g/mol. The first-order valence-electron chi connectivity index (χ1n) is 8.04. The fraction of sp³-hybridized carbons (Fsp3) is 1.00. The maximum Gasteiger partial charge on any atom is 0.00696 e. The summed E-state index contributed by atoms with van der Waals surface area (Å²) < 4.78 is 0. The minimum absolute atomic E-state index is 0.767. The number of unbranched alkanes of at least 4 members (excludes halogenated alkanes) is 4. The summed E-state index contributed by atoms with van der Waals surface area (Å²) in [7, 11) is 0. The third-order valence-electron chi connectivity index (χ3n) is 4.14. The van der Waals surface area contributed by atoms with Gasteiger partial charge in [0.1, 0.15) is 0 Å². The van der Waals surface area contributed by atoms with Crippen molar-refractivity contribution in [2.24, 2.45) is 5.92 Å². The van der Waals surface area contributed by atoms with Crippen LogP contribution in [-0.2, 0) is 0 Å². The minimum atomic E-state index is 0.767. The number of hydrogen-bond acceptors (Lipinski definition) is 1. The monoisotopic (exact) mass is 239 g/mol. The van der Waals surface area contributed by atoms with E-state index >= 15 is 0 Å². The Labute approximate surface area is 109 Å². The molecule has 1 heteroatoms. The zero-order chi connectivity index (χ0) is 12.5. The van der Waals surface area contributed by atoms with Gasteiger partial charge in [0.2, 0.25) is 0 Å². The van der Waals surface area contributed by atoms with Gasteiger partial charge in [0, 0.05) is 12.1 Å². The van der Waals surface area contributed by atoms with Gasteiger partial charge in [0.05, 0.1) is 0 Å². The van der Waals surface area contributed by atoms with E-state index < -0.39 is 0 Å². The molecule has 1 unspecified atom stereocenters. The summed E-state index contributed by atoms with van der Waals surface area (Å²) >= 11 is 0. The number of rotatable bonds is 11. The highest BCUT2D eigenvalue weighted by Gasteiger charge is 2.28. The summed E-state index contributed by atoms with van der Waals surface area (Å²) in [6.45, 7) is 6.99. The van der Waals surface area contributed by atoms with Gasteiger partial charge in [-0.2, -0.15) is 0 Å². The van der Waals surface area contributed by atoms with Crippen LogP contribution in [0.2, 0.25) is 0 Å². The van der Waals surface area contributed by atoms with Gasteiger partial charge < -0.3 is 5.32 Å². The van der Waals surface area contributed by atoms with Crippen LogP contribution in [0.5, 0.6) is 0 Å². The molecule has 0 aliphatic heterocycles. The summed E-state index contributed by atoms with van der Waals surface area (Å²) in [5, 5.41) is 3.90. The first kappa shape index (κ1) is 15.0. The van der Waals surface area contributed by atoms with Crippen LogP contribution < -0.4 is 5.32 Å². The van der Waals surface area contributed by atoms with E-state index in [2.05, 4.69) is 26.1 Å². The van der Waals surface area contributed by atoms with Crippen LogP contribution >= 0.6 is 0 Å². The molecule has 1 rings (SSSR count). The average Bonchev–Trinajstić information content (AvgIpc) is 3.13. The Kier molecular flexibility index (Phi) is 7.92. The van der Waals surface area contributed by atoms with Gasteiger partial charge in [0.25, 0.3) is 0 Å². The van der Waals surface area contributed by atoms with E-state index in [-0.39, 0.29) is 0 Å². The van der Waals surface area contributed by atoms with E-state index in [0.29, 0.717) is 0 Å². The zero-order valence-electron chi connectivity index (χ0n) is 12.3. The first-order chi connectivity index (χ1) is 8.27. The van der Waals surface area contributed by atoms with Crippen molar-refractivity contribution < 1.29 is 0 Å². The highest BCUT2D eigenvalue weighted by molar-refractivity contribution is 4.85. The van der Waals surface area contributed by atoms with Crippen molar-refractivity contribution in [2.75, 3.05) is 0 Å². The minimum Gasteiger partial charge on any atom is -0.311 e. The molecule has 17 heavy (non-hydrogen) atoms. The molecular weight excluding hydrogens is 206 g/mol. The molecule has 0 bridgehead atoms. The van der Waals surface area contributed by atoms with Crippen molar-refractivity contribution in [3.8, 4) is 0 Å². The van der Waals surface area contributed by atoms with Gasteiger partial charge in [-0.05, 0) is 38.5 Å². The zero-order valence-corrected chi connectivity index (χ0v) is 12.3. The largest absolute Gasteiger partial charge is 0.311 e. The molecule has 0 saturated heterocycles. The molecule has 0 spiro atoms. The SMILES string of the molecule is CCCCCC(CCCCC)NC(C)C1CC1. The maximum absolute atomic E-state index is 3.90. The molecule has 1 fully saturated rings. The lowest BCUT2D eigenvalue weighted by Gasteiger charge is -2.23. The molecule has 0 heterocycles. The van der Waals surface area contributed by atoms with Crippen LogP contribution in [-0.4, -0.2) is 12.1 Å². The molecule has 0 aromatic rings. The summed E-state index contributed by atoms with van der Waals surface area (Å²) in [5.74, 6) is 0.995. The molecule has 1 aliphatic carbocycles. The van der Waals surface area contributed by atoms with Gasteiger partial charge in [-0.3, -0.25) is 0 Å². The normalized spacial score (nSPS) is 17.6. The van der Waals surface area contributed by atoms with Crippen molar-refractivity contribution in [1.82, 2.24) is 5.32 Å². The third-order valence-corrected chi connectivity index (χ3v) is 4.14. The fourth-order valence-corrected chi connectivity index (χ4v) is 2.70. The predicted molar refractivity (Wildman–Crippen MR) is 77.4 cm³/mol. The van der Waals surface area contributed by atoms with Crippen LogP contribution in [0.25, 0.3) is 0 Å². The number of hydrogen-bond donors (Lipinski definition) is 1. The molecule has 0 radical (unpaired) electrons. The van der Waals surface area contributed by atoms with Crippen molar-refractivity contribution >= 4 is 0 Å². The molecular formula is C16H33N.